The number of fused-ring (bicyclic) bond motifs is 1. The van der Waals surface area contributed by atoms with Crippen molar-refractivity contribution in [2.45, 2.75) is 32.2 Å². The van der Waals surface area contributed by atoms with Crippen LogP contribution in [0.4, 0.5) is 0 Å². The molecular weight excluding hydrogens is 411 g/mol. The van der Waals surface area contributed by atoms with Crippen LogP contribution in [-0.2, 0) is 6.54 Å². The summed E-state index contributed by atoms with van der Waals surface area (Å²) in [6, 6.07) is 10.5. The van der Waals surface area contributed by atoms with E-state index in [1.54, 1.807) is 0 Å². The molecule has 4 rings (SSSR count). The van der Waals surface area contributed by atoms with Gasteiger partial charge in [-0.3, -0.25) is 9.98 Å². The largest absolute Gasteiger partial charge is 0.352 e. The summed E-state index contributed by atoms with van der Waals surface area (Å²) in [5.41, 5.74) is 2.90. The number of hydrogen-bond donors (Lipinski definition) is 1. The summed E-state index contributed by atoms with van der Waals surface area (Å²) in [6.07, 6.45) is 7.38. The summed E-state index contributed by atoms with van der Waals surface area (Å²) in [5, 5.41) is 4.73. The second-order valence-electron chi connectivity index (χ2n) is 6.92. The maximum Gasteiger partial charge on any atom is 0.193 e. The van der Waals surface area contributed by atoms with E-state index in [0.717, 1.165) is 24.6 Å². The number of pyridine rings is 1. The van der Waals surface area contributed by atoms with Crippen molar-refractivity contribution >= 4 is 40.8 Å². The molecule has 1 aromatic carbocycles. The molecule has 1 aliphatic heterocycles. The maximum absolute atomic E-state index is 4.53. The number of rotatable bonds is 2. The molecule has 24 heavy (non-hydrogen) atoms. The van der Waals surface area contributed by atoms with Gasteiger partial charge in [0.15, 0.2) is 5.96 Å². The predicted octanol–water partition coefficient (Wildman–Crippen LogP) is 3.80. The number of likely N-dealkylation sites (tertiary alicyclic amines) is 1. The number of para-hydroxylation sites is 1. The zero-order valence-electron chi connectivity index (χ0n) is 14.2. The fraction of sp³-hybridized carbons (Fsp3) is 0.474. The molecule has 1 aliphatic carbocycles. The molecule has 2 aliphatic rings. The third-order valence-corrected chi connectivity index (χ3v) is 5.52. The van der Waals surface area contributed by atoms with Crippen LogP contribution in [0.5, 0.6) is 0 Å². The van der Waals surface area contributed by atoms with E-state index in [0.29, 0.717) is 5.41 Å². The van der Waals surface area contributed by atoms with E-state index in [9.17, 15) is 0 Å². The van der Waals surface area contributed by atoms with Gasteiger partial charge in [-0.25, -0.2) is 0 Å². The second kappa shape index (κ2) is 7.25. The summed E-state index contributed by atoms with van der Waals surface area (Å²) in [7, 11) is 1.88. The van der Waals surface area contributed by atoms with Crippen LogP contribution in [0.2, 0.25) is 0 Å². The van der Waals surface area contributed by atoms with Crippen LogP contribution in [0, 0.1) is 5.41 Å². The number of hydrogen-bond acceptors (Lipinski definition) is 2. The van der Waals surface area contributed by atoms with Gasteiger partial charge in [0.2, 0.25) is 0 Å². The smallest absolute Gasteiger partial charge is 0.193 e. The van der Waals surface area contributed by atoms with Gasteiger partial charge in [-0.1, -0.05) is 30.7 Å². The van der Waals surface area contributed by atoms with E-state index < -0.39 is 0 Å². The molecule has 0 radical (unpaired) electrons. The van der Waals surface area contributed by atoms with Crippen LogP contribution in [0.3, 0.4) is 0 Å². The molecule has 4 nitrogen and oxygen atoms in total. The Kier molecular flexibility index (Phi) is 5.27. The molecule has 2 fully saturated rings. The highest BCUT2D eigenvalue weighted by Crippen LogP contribution is 2.47. The standard InChI is InChI=1S/C19H24N4.HI/c1-20-18(23-12-10-19(14-23)8-4-9-19)22-13-16-6-2-5-15-7-3-11-21-17(15)16;/h2-3,5-7,11H,4,8-10,12-14H2,1H3,(H,20,22);1H. The van der Waals surface area contributed by atoms with E-state index in [1.807, 2.05) is 19.3 Å². The molecule has 1 saturated heterocycles. The number of aromatic nitrogens is 1. The average molecular weight is 436 g/mol. The van der Waals surface area contributed by atoms with E-state index in [-0.39, 0.29) is 24.0 Å². The lowest BCUT2D eigenvalue weighted by molar-refractivity contribution is 0.151. The minimum Gasteiger partial charge on any atom is -0.352 e. The van der Waals surface area contributed by atoms with Crippen molar-refractivity contribution in [3.05, 3.63) is 42.1 Å². The van der Waals surface area contributed by atoms with Gasteiger partial charge in [0.25, 0.3) is 0 Å². The summed E-state index contributed by atoms with van der Waals surface area (Å²) < 4.78 is 0. The molecule has 128 valence electrons. The summed E-state index contributed by atoms with van der Waals surface area (Å²) in [6.45, 7) is 3.07. The molecule has 0 atom stereocenters. The normalized spacial score (nSPS) is 19.2. The van der Waals surface area contributed by atoms with Gasteiger partial charge in [0, 0.05) is 38.3 Å². The molecule has 0 unspecified atom stereocenters. The van der Waals surface area contributed by atoms with Gasteiger partial charge in [-0.05, 0) is 36.3 Å². The Balaban J connectivity index is 0.00000169. The Morgan fingerprint density at radius 3 is 2.79 bits per heavy atom. The van der Waals surface area contributed by atoms with Crippen molar-refractivity contribution in [2.24, 2.45) is 10.4 Å². The second-order valence-corrected chi connectivity index (χ2v) is 6.92. The highest BCUT2D eigenvalue weighted by molar-refractivity contribution is 14.0. The number of guanidine groups is 1. The van der Waals surface area contributed by atoms with Gasteiger partial charge in [0.1, 0.15) is 0 Å². The number of nitrogens with zero attached hydrogens (tertiary/aromatic N) is 3. The monoisotopic (exact) mass is 436 g/mol. The van der Waals surface area contributed by atoms with Gasteiger partial charge in [-0.15, -0.1) is 24.0 Å². The van der Waals surface area contributed by atoms with Gasteiger partial charge >= 0.3 is 0 Å². The molecule has 2 heterocycles. The van der Waals surface area contributed by atoms with Crippen molar-refractivity contribution in [1.29, 1.82) is 0 Å². The third-order valence-electron chi connectivity index (χ3n) is 5.52. The first-order chi connectivity index (χ1) is 11.3. The van der Waals surface area contributed by atoms with Crippen LogP contribution in [0.25, 0.3) is 10.9 Å². The minimum absolute atomic E-state index is 0. The molecule has 5 heteroatoms. The lowest BCUT2D eigenvalue weighted by Crippen LogP contribution is -2.42. The Morgan fingerprint density at radius 1 is 1.25 bits per heavy atom. The molecule has 0 amide bonds. The summed E-state index contributed by atoms with van der Waals surface area (Å²) in [5.74, 6) is 1.03. The lowest BCUT2D eigenvalue weighted by Gasteiger charge is -2.38. The van der Waals surface area contributed by atoms with Crippen molar-refractivity contribution in [2.75, 3.05) is 20.1 Å². The van der Waals surface area contributed by atoms with E-state index in [4.69, 9.17) is 0 Å². The van der Waals surface area contributed by atoms with Crippen molar-refractivity contribution < 1.29 is 0 Å². The van der Waals surface area contributed by atoms with Gasteiger partial charge < -0.3 is 10.2 Å². The number of benzene rings is 1. The lowest BCUT2D eigenvalue weighted by atomic mass is 9.68. The molecule has 1 spiro atoms. The minimum atomic E-state index is 0. The fourth-order valence-electron chi connectivity index (χ4n) is 4.02. The molecule has 0 bridgehead atoms. The molecule has 1 saturated carbocycles. The van der Waals surface area contributed by atoms with E-state index in [2.05, 4.69) is 44.5 Å². The first-order valence-corrected chi connectivity index (χ1v) is 8.58. The first kappa shape index (κ1) is 17.5. The maximum atomic E-state index is 4.53. The molecule has 2 aromatic rings. The van der Waals surface area contributed by atoms with Crippen LogP contribution >= 0.6 is 24.0 Å². The van der Waals surface area contributed by atoms with E-state index >= 15 is 0 Å². The Bertz CT molecular complexity index is 734. The SMILES string of the molecule is CN=C(NCc1cccc2cccnc12)N1CCC2(CCC2)C1.I. The van der Waals surface area contributed by atoms with E-state index in [1.165, 1.54) is 43.2 Å². The number of nitrogens with one attached hydrogen (secondary N) is 1. The predicted molar refractivity (Wildman–Crippen MR) is 110 cm³/mol. The molecule has 1 aromatic heterocycles. The Hall–Kier alpha value is -1.37. The third kappa shape index (κ3) is 3.23. The molecular formula is C19H25IN4. The van der Waals surface area contributed by atoms with Crippen molar-refractivity contribution in [3.63, 3.8) is 0 Å². The highest BCUT2D eigenvalue weighted by atomic mass is 127. The first-order valence-electron chi connectivity index (χ1n) is 8.58. The van der Waals surface area contributed by atoms with Crippen molar-refractivity contribution in [1.82, 2.24) is 15.2 Å². The number of halogens is 1. The quantitative estimate of drug-likeness (QED) is 0.442. The molecule has 1 N–H and O–H groups in total. The highest BCUT2D eigenvalue weighted by Gasteiger charge is 2.43. The van der Waals surface area contributed by atoms with Crippen LogP contribution < -0.4 is 5.32 Å². The fourth-order valence-corrected chi connectivity index (χ4v) is 4.02. The van der Waals surface area contributed by atoms with Gasteiger partial charge in [-0.2, -0.15) is 0 Å². The topological polar surface area (TPSA) is 40.5 Å². The van der Waals surface area contributed by atoms with Crippen LogP contribution in [0.1, 0.15) is 31.2 Å². The summed E-state index contributed by atoms with van der Waals surface area (Å²) in [4.78, 5) is 11.5. The van der Waals surface area contributed by atoms with Gasteiger partial charge in [0.05, 0.1) is 5.52 Å². The zero-order valence-corrected chi connectivity index (χ0v) is 16.5. The number of aliphatic imine (C=N–C) groups is 1. The summed E-state index contributed by atoms with van der Waals surface area (Å²) >= 11 is 0. The van der Waals surface area contributed by atoms with Crippen LogP contribution in [0.15, 0.2) is 41.5 Å². The Morgan fingerprint density at radius 2 is 2.08 bits per heavy atom. The zero-order chi connectivity index (χ0) is 15.7. The van der Waals surface area contributed by atoms with Crippen molar-refractivity contribution in [3.8, 4) is 0 Å². The average Bonchev–Trinajstić information content (AvgIpc) is 3.01. The Labute approximate surface area is 160 Å². The van der Waals surface area contributed by atoms with Crippen LogP contribution in [-0.4, -0.2) is 36.0 Å².